The topological polar surface area (TPSA) is 78.9 Å². The van der Waals surface area contributed by atoms with Crippen LogP contribution in [0.4, 0.5) is 0 Å². The molecule has 0 spiro atoms. The van der Waals surface area contributed by atoms with Gasteiger partial charge in [-0.15, -0.1) is 0 Å². The van der Waals surface area contributed by atoms with Crippen LogP contribution in [0.3, 0.4) is 0 Å². The average molecular weight is 1160 g/mol. The van der Waals surface area contributed by atoms with Gasteiger partial charge in [-0.2, -0.15) is 0 Å². The van der Waals surface area contributed by atoms with E-state index in [9.17, 15) is 14.4 Å². The van der Waals surface area contributed by atoms with Crippen molar-refractivity contribution in [3.63, 3.8) is 0 Å². The molecule has 0 aromatic carbocycles. The Kier molecular flexibility index (Phi) is 68.6. The minimum Gasteiger partial charge on any atom is -0.462 e. The Labute approximate surface area is 516 Å². The fourth-order valence-corrected chi connectivity index (χ4v) is 10.7. The first-order valence-corrected chi connectivity index (χ1v) is 36.4. The van der Waals surface area contributed by atoms with Gasteiger partial charge in [-0.25, -0.2) is 0 Å². The molecular weight excluding hydrogens is 1020 g/mol. The molecule has 0 fully saturated rings. The summed E-state index contributed by atoms with van der Waals surface area (Å²) in [7, 11) is 0. The van der Waals surface area contributed by atoms with E-state index in [0.29, 0.717) is 19.3 Å². The molecule has 0 amide bonds. The van der Waals surface area contributed by atoms with Crippen LogP contribution in [0.5, 0.6) is 0 Å². The van der Waals surface area contributed by atoms with E-state index < -0.39 is 6.10 Å². The van der Waals surface area contributed by atoms with Gasteiger partial charge in [-0.3, -0.25) is 14.4 Å². The molecule has 0 heterocycles. The number of hydrogen-bond acceptors (Lipinski definition) is 6. The zero-order chi connectivity index (χ0) is 59.9. The van der Waals surface area contributed by atoms with Crippen LogP contribution in [0.25, 0.3) is 0 Å². The summed E-state index contributed by atoms with van der Waals surface area (Å²) in [5, 5.41) is 0. The predicted molar refractivity (Wildman–Crippen MR) is 362 cm³/mol. The van der Waals surface area contributed by atoms with Crippen molar-refractivity contribution in [1.82, 2.24) is 0 Å². The van der Waals surface area contributed by atoms with Gasteiger partial charge in [0.15, 0.2) is 6.10 Å². The lowest BCUT2D eigenvalue weighted by Crippen LogP contribution is -2.30. The third-order valence-corrected chi connectivity index (χ3v) is 16.2. The number of rotatable bonds is 67. The van der Waals surface area contributed by atoms with Crippen LogP contribution in [-0.4, -0.2) is 37.2 Å². The summed E-state index contributed by atoms with van der Waals surface area (Å²) in [5.74, 6) is -0.874. The highest BCUT2D eigenvalue weighted by Gasteiger charge is 2.19. The van der Waals surface area contributed by atoms with E-state index in [1.165, 1.54) is 250 Å². The molecule has 0 rings (SSSR count). The molecule has 83 heavy (non-hydrogen) atoms. The van der Waals surface area contributed by atoms with E-state index >= 15 is 0 Å². The molecule has 0 saturated heterocycles. The van der Waals surface area contributed by atoms with Gasteiger partial charge < -0.3 is 14.2 Å². The second-order valence-corrected chi connectivity index (χ2v) is 24.5. The van der Waals surface area contributed by atoms with E-state index in [1.807, 2.05) is 0 Å². The van der Waals surface area contributed by atoms with Crippen LogP contribution < -0.4 is 0 Å². The lowest BCUT2D eigenvalue weighted by atomic mass is 10.0. The van der Waals surface area contributed by atoms with Gasteiger partial charge in [0.2, 0.25) is 0 Å². The summed E-state index contributed by atoms with van der Waals surface area (Å²) in [6.45, 7) is 6.64. The van der Waals surface area contributed by atoms with E-state index in [2.05, 4.69) is 93.7 Å². The second-order valence-electron chi connectivity index (χ2n) is 24.5. The van der Waals surface area contributed by atoms with Gasteiger partial charge in [0.05, 0.1) is 0 Å². The third kappa shape index (κ3) is 69.5. The molecule has 6 nitrogen and oxygen atoms in total. The first-order valence-electron chi connectivity index (χ1n) is 36.4. The van der Waals surface area contributed by atoms with Crippen molar-refractivity contribution in [3.8, 4) is 0 Å². The molecule has 1 unspecified atom stereocenters. The highest BCUT2D eigenvalue weighted by molar-refractivity contribution is 5.71. The largest absolute Gasteiger partial charge is 0.462 e. The van der Waals surface area contributed by atoms with Gasteiger partial charge in [-0.1, -0.05) is 318 Å². The van der Waals surface area contributed by atoms with Crippen LogP contribution in [0.1, 0.15) is 380 Å². The van der Waals surface area contributed by atoms with E-state index in [4.69, 9.17) is 14.2 Å². The number of hydrogen-bond donors (Lipinski definition) is 0. The molecule has 0 aliphatic rings. The minimum atomic E-state index is -0.785. The van der Waals surface area contributed by atoms with Crippen molar-refractivity contribution >= 4 is 17.9 Å². The fourth-order valence-electron chi connectivity index (χ4n) is 10.7. The lowest BCUT2D eigenvalue weighted by Gasteiger charge is -2.18. The number of carbonyl (C=O) groups is 3. The molecule has 0 saturated carbocycles. The molecule has 0 bridgehead atoms. The van der Waals surface area contributed by atoms with Crippen molar-refractivity contribution in [2.45, 2.75) is 386 Å². The maximum absolute atomic E-state index is 13.0. The first kappa shape index (κ1) is 79.8. The molecule has 0 N–H and O–H groups in total. The van der Waals surface area contributed by atoms with Crippen molar-refractivity contribution < 1.29 is 28.6 Å². The zero-order valence-corrected chi connectivity index (χ0v) is 55.5. The summed E-state index contributed by atoms with van der Waals surface area (Å²) in [6.07, 6.45) is 93.6. The molecule has 0 aliphatic carbocycles. The van der Waals surface area contributed by atoms with Crippen molar-refractivity contribution in [2.75, 3.05) is 13.2 Å². The Hall–Kier alpha value is -3.15. The molecule has 0 radical (unpaired) electrons. The molecule has 1 atom stereocenters. The summed E-state index contributed by atoms with van der Waals surface area (Å²) in [5.41, 5.74) is 0. The Morgan fingerprint density at radius 1 is 0.241 bits per heavy atom. The number of esters is 3. The predicted octanol–water partition coefficient (Wildman–Crippen LogP) is 25.2. The lowest BCUT2D eigenvalue weighted by molar-refractivity contribution is -0.167. The van der Waals surface area contributed by atoms with Gasteiger partial charge in [0.25, 0.3) is 0 Å². The number of carbonyl (C=O) groups excluding carboxylic acids is 3. The van der Waals surface area contributed by atoms with Crippen LogP contribution in [-0.2, 0) is 28.6 Å². The van der Waals surface area contributed by atoms with E-state index in [1.54, 1.807) is 0 Å². The number of unbranched alkanes of at least 4 members (excludes halogenated alkanes) is 44. The van der Waals surface area contributed by atoms with Gasteiger partial charge in [-0.05, 0) is 116 Å². The summed E-state index contributed by atoms with van der Waals surface area (Å²) in [4.78, 5) is 38.5. The smallest absolute Gasteiger partial charge is 0.306 e. The average Bonchev–Trinajstić information content (AvgIpc) is 3.49. The number of ether oxygens (including phenoxy) is 3. The highest BCUT2D eigenvalue weighted by Crippen LogP contribution is 2.18. The number of allylic oxidation sites excluding steroid dienone is 12. The maximum Gasteiger partial charge on any atom is 0.306 e. The molecular formula is C77H138O6. The molecule has 0 aromatic rings. The third-order valence-electron chi connectivity index (χ3n) is 16.2. The summed E-state index contributed by atoms with van der Waals surface area (Å²) >= 11 is 0. The van der Waals surface area contributed by atoms with Crippen LogP contribution in [0, 0.1) is 0 Å². The summed E-state index contributed by atoms with van der Waals surface area (Å²) in [6, 6.07) is 0. The molecule has 0 aromatic heterocycles. The van der Waals surface area contributed by atoms with E-state index in [0.717, 1.165) is 89.9 Å². The monoisotopic (exact) mass is 1160 g/mol. The van der Waals surface area contributed by atoms with Gasteiger partial charge >= 0.3 is 17.9 Å². The molecule has 0 aliphatic heterocycles. The molecule has 482 valence electrons. The Bertz CT molecular complexity index is 1520. The SMILES string of the molecule is CCCCC/C=C\C/C=C\C/C=C\CCCCCCCCC(=O)OC(COC(=O)CCCCCCCCC/C=C\CCCCCCCC)COC(=O)CCCCCCCCCCCCCCCCCCC/C=C\C/C=C\CCCCCCC. The van der Waals surface area contributed by atoms with Gasteiger partial charge in [0, 0.05) is 19.3 Å². The normalized spacial score (nSPS) is 12.5. The maximum atomic E-state index is 13.0. The second kappa shape index (κ2) is 71.3. The minimum absolute atomic E-state index is 0.0790. The standard InChI is InChI=1S/C77H138O6/c1-4-7-10-13-16-19-22-25-28-31-33-34-35-36-37-38-39-40-41-42-44-46-49-52-55-58-61-64-67-70-76(79)82-73-74(72-81-75(78)69-66-63-60-57-54-51-48-45-30-27-24-21-18-15-12-9-6-3)83-77(80)71-68-65-62-59-56-53-50-47-43-32-29-26-23-20-17-14-11-8-5-2/h17,20,22,25-27,29-31,33,43,47,74H,4-16,18-19,21,23-24,28,32,34-42,44-46,48-73H2,1-3H3/b20-17-,25-22-,29-26-,30-27-,33-31-,47-43-. The quantitative estimate of drug-likeness (QED) is 0.0261. The fraction of sp³-hybridized carbons (Fsp3) is 0.805. The van der Waals surface area contributed by atoms with Crippen molar-refractivity contribution in [2.24, 2.45) is 0 Å². The van der Waals surface area contributed by atoms with Crippen LogP contribution >= 0.6 is 0 Å². The molecule has 6 heteroatoms. The highest BCUT2D eigenvalue weighted by atomic mass is 16.6. The Balaban J connectivity index is 4.28. The Morgan fingerprint density at radius 2 is 0.434 bits per heavy atom. The van der Waals surface area contributed by atoms with Crippen molar-refractivity contribution in [3.05, 3.63) is 72.9 Å². The van der Waals surface area contributed by atoms with E-state index in [-0.39, 0.29) is 31.1 Å². The zero-order valence-electron chi connectivity index (χ0n) is 55.5. The van der Waals surface area contributed by atoms with Crippen molar-refractivity contribution in [1.29, 1.82) is 0 Å². The Morgan fingerprint density at radius 3 is 0.711 bits per heavy atom. The van der Waals surface area contributed by atoms with Crippen LogP contribution in [0.15, 0.2) is 72.9 Å². The van der Waals surface area contributed by atoms with Crippen LogP contribution in [0.2, 0.25) is 0 Å². The summed E-state index contributed by atoms with van der Waals surface area (Å²) < 4.78 is 17.0. The first-order chi connectivity index (χ1) is 41.0. The van der Waals surface area contributed by atoms with Gasteiger partial charge in [0.1, 0.15) is 13.2 Å².